The molecule has 0 bridgehead atoms. The SMILES string of the molecule is N#Cc1nn(-c2c(Cl)cc(C(F)(F)F)cc2Cl)c(N)c1S(Cl)(Br)CF. The minimum absolute atomic E-state index is 0.105. The van der Waals surface area contributed by atoms with Gasteiger partial charge in [0.2, 0.25) is 0 Å². The molecule has 1 unspecified atom stereocenters. The van der Waals surface area contributed by atoms with Crippen LogP contribution in [0.25, 0.3) is 5.69 Å². The number of halogens is 8. The van der Waals surface area contributed by atoms with Crippen LogP contribution in [-0.4, -0.2) is 15.8 Å². The summed E-state index contributed by atoms with van der Waals surface area (Å²) >= 11 is 14.8. The van der Waals surface area contributed by atoms with Crippen molar-refractivity contribution in [1.29, 1.82) is 5.26 Å². The van der Waals surface area contributed by atoms with Gasteiger partial charge in [-0.3, -0.25) is 0 Å². The molecule has 0 amide bonds. The largest absolute Gasteiger partial charge is 0.416 e. The average molecular weight is 501 g/mol. The number of hydrogen-bond donors (Lipinski definition) is 1. The van der Waals surface area contributed by atoms with Crippen molar-refractivity contribution >= 4 is 62.2 Å². The van der Waals surface area contributed by atoms with E-state index in [1.165, 1.54) is 0 Å². The van der Waals surface area contributed by atoms with Crippen molar-refractivity contribution in [1.82, 2.24) is 9.78 Å². The van der Waals surface area contributed by atoms with E-state index >= 15 is 0 Å². The van der Waals surface area contributed by atoms with Crippen molar-refractivity contribution in [2.75, 3.05) is 11.7 Å². The highest BCUT2D eigenvalue weighted by Crippen LogP contribution is 2.69. The summed E-state index contributed by atoms with van der Waals surface area (Å²) < 4.78 is 52.5. The van der Waals surface area contributed by atoms with Crippen LogP contribution in [0.15, 0.2) is 17.0 Å². The standard InChI is InChI=1S/C12H6BrCl3F4N4S/c13-25(16,4-17)10-8(3-21)23-24(11(10)22)9-6(14)1-5(2-7(9)15)12(18,19)20/h1-2H,4,22H2. The zero-order valence-electron chi connectivity index (χ0n) is 11.7. The fourth-order valence-electron chi connectivity index (χ4n) is 1.94. The molecule has 4 nitrogen and oxygen atoms in total. The first-order chi connectivity index (χ1) is 11.4. The van der Waals surface area contributed by atoms with Crippen molar-refractivity contribution in [3.8, 4) is 11.8 Å². The molecule has 0 aliphatic heterocycles. The van der Waals surface area contributed by atoms with Crippen LogP contribution in [0, 0.1) is 11.3 Å². The van der Waals surface area contributed by atoms with Gasteiger partial charge in [-0.2, -0.15) is 23.5 Å². The lowest BCUT2D eigenvalue weighted by molar-refractivity contribution is -0.137. The number of aromatic nitrogens is 2. The number of hydrogen-bond acceptors (Lipinski definition) is 3. The third-order valence-electron chi connectivity index (χ3n) is 2.97. The van der Waals surface area contributed by atoms with Crippen LogP contribution in [-0.2, 0) is 6.18 Å². The smallest absolute Gasteiger partial charge is 0.383 e. The summed E-state index contributed by atoms with van der Waals surface area (Å²) in [5.41, 5.74) is 4.33. The summed E-state index contributed by atoms with van der Waals surface area (Å²) in [5, 5.41) is 12.2. The number of rotatable bonds is 3. The molecule has 2 rings (SSSR count). The molecule has 1 heterocycles. The molecule has 136 valence electrons. The van der Waals surface area contributed by atoms with Crippen LogP contribution in [0.3, 0.4) is 0 Å². The molecule has 0 fully saturated rings. The molecule has 13 heteroatoms. The van der Waals surface area contributed by atoms with Crippen LogP contribution in [0.5, 0.6) is 0 Å². The van der Waals surface area contributed by atoms with Gasteiger partial charge in [-0.25, -0.2) is 9.07 Å². The van der Waals surface area contributed by atoms with Crippen molar-refractivity contribution in [2.24, 2.45) is 0 Å². The van der Waals surface area contributed by atoms with Gasteiger partial charge < -0.3 is 5.73 Å². The van der Waals surface area contributed by atoms with Crippen LogP contribution in [0.1, 0.15) is 11.3 Å². The Balaban J connectivity index is 2.75. The number of anilines is 1. The van der Waals surface area contributed by atoms with Gasteiger partial charge in [0.25, 0.3) is 0 Å². The predicted octanol–water partition coefficient (Wildman–Crippen LogP) is 6.21. The normalized spacial score (nSPS) is 15.5. The minimum atomic E-state index is -4.66. The molecular weight excluding hydrogens is 494 g/mol. The zero-order chi connectivity index (χ0) is 19.2. The second-order valence-electron chi connectivity index (χ2n) is 4.56. The Labute approximate surface area is 162 Å². The van der Waals surface area contributed by atoms with Gasteiger partial charge >= 0.3 is 6.18 Å². The maximum Gasteiger partial charge on any atom is 0.416 e. The van der Waals surface area contributed by atoms with Crippen LogP contribution >= 0.6 is 56.4 Å². The molecular formula is C12H6BrCl3F4N4S. The number of nitrogens with two attached hydrogens (primary N) is 1. The van der Waals surface area contributed by atoms with Crippen molar-refractivity contribution in [2.45, 2.75) is 11.1 Å². The first-order valence-corrected chi connectivity index (χ1v) is 11.3. The molecule has 1 atom stereocenters. The predicted molar refractivity (Wildman–Crippen MR) is 94.3 cm³/mol. The van der Waals surface area contributed by atoms with E-state index in [9.17, 15) is 17.6 Å². The molecule has 0 saturated carbocycles. The van der Waals surface area contributed by atoms with Crippen LogP contribution < -0.4 is 5.73 Å². The van der Waals surface area contributed by atoms with Gasteiger partial charge in [-0.05, 0) is 45.3 Å². The summed E-state index contributed by atoms with van der Waals surface area (Å²) in [6.07, 6.45) is -4.66. The van der Waals surface area contributed by atoms with Crippen molar-refractivity contribution in [3.05, 3.63) is 33.4 Å². The number of nitrogens with zero attached hydrogens (tertiary/aromatic N) is 3. The molecule has 1 aromatic heterocycles. The van der Waals surface area contributed by atoms with E-state index in [0.29, 0.717) is 12.1 Å². The number of benzene rings is 1. The topological polar surface area (TPSA) is 67.6 Å². The quantitative estimate of drug-likeness (QED) is 0.510. The van der Waals surface area contributed by atoms with E-state index in [2.05, 4.69) is 19.9 Å². The van der Waals surface area contributed by atoms with E-state index < -0.39 is 35.5 Å². The number of nitriles is 1. The molecule has 0 spiro atoms. The highest BCUT2D eigenvalue weighted by molar-refractivity contribution is 9.61. The molecule has 0 saturated heterocycles. The lowest BCUT2D eigenvalue weighted by atomic mass is 10.2. The summed E-state index contributed by atoms with van der Waals surface area (Å²) in [6.45, 7) is 0. The van der Waals surface area contributed by atoms with Gasteiger partial charge in [-0.15, -0.1) is 0 Å². The number of nitrogen functional groups attached to an aromatic ring is 1. The number of alkyl halides is 4. The maximum absolute atomic E-state index is 13.2. The first-order valence-electron chi connectivity index (χ1n) is 6.05. The lowest BCUT2D eigenvalue weighted by Gasteiger charge is -2.21. The Morgan fingerprint density at radius 2 is 1.84 bits per heavy atom. The Morgan fingerprint density at radius 1 is 1.32 bits per heavy atom. The second-order valence-corrected chi connectivity index (χ2v) is 13.2. The van der Waals surface area contributed by atoms with E-state index in [-0.39, 0.29) is 22.1 Å². The summed E-state index contributed by atoms with van der Waals surface area (Å²) in [7, 11) is 3.23. The van der Waals surface area contributed by atoms with Crippen molar-refractivity contribution < 1.29 is 17.6 Å². The third kappa shape index (κ3) is 3.80. The van der Waals surface area contributed by atoms with Gasteiger partial charge in [0.05, 0.1) is 20.5 Å². The Bertz CT molecular complexity index is 855. The van der Waals surface area contributed by atoms with E-state index in [0.717, 1.165) is 4.68 Å². The fraction of sp³-hybridized carbons (Fsp3) is 0.167. The molecule has 0 radical (unpaired) electrons. The Kier molecular flexibility index (Phi) is 5.76. The molecule has 2 aromatic rings. The summed E-state index contributed by atoms with van der Waals surface area (Å²) in [6, 6.07) is 1.92. The molecule has 25 heavy (non-hydrogen) atoms. The Morgan fingerprint density at radius 3 is 2.24 bits per heavy atom. The lowest BCUT2D eigenvalue weighted by Crippen LogP contribution is -2.08. The first kappa shape index (κ1) is 20.5. The average Bonchev–Trinajstić information content (AvgIpc) is 2.83. The monoisotopic (exact) mass is 498 g/mol. The van der Waals surface area contributed by atoms with Gasteiger partial charge in [-0.1, -0.05) is 23.2 Å². The summed E-state index contributed by atoms with van der Waals surface area (Å²) in [5.74, 6) is -0.264. The minimum Gasteiger partial charge on any atom is -0.383 e. The second kappa shape index (κ2) is 7.04. The maximum atomic E-state index is 13.2. The van der Waals surface area contributed by atoms with E-state index in [1.807, 2.05) is 0 Å². The van der Waals surface area contributed by atoms with E-state index in [4.69, 9.17) is 44.9 Å². The van der Waals surface area contributed by atoms with Gasteiger partial charge in [0, 0.05) is 0 Å². The molecule has 1 aromatic carbocycles. The molecule has 0 aliphatic rings. The van der Waals surface area contributed by atoms with E-state index in [1.54, 1.807) is 6.07 Å². The highest BCUT2D eigenvalue weighted by Gasteiger charge is 2.35. The van der Waals surface area contributed by atoms with Crippen molar-refractivity contribution in [3.63, 3.8) is 0 Å². The third-order valence-corrected chi connectivity index (χ3v) is 7.02. The highest BCUT2D eigenvalue weighted by atomic mass is 79.9. The molecule has 0 aliphatic carbocycles. The van der Waals surface area contributed by atoms with Gasteiger partial charge in [0.1, 0.15) is 23.6 Å². The van der Waals surface area contributed by atoms with Crippen LogP contribution in [0.2, 0.25) is 10.0 Å². The zero-order valence-corrected chi connectivity index (χ0v) is 16.4. The summed E-state index contributed by atoms with van der Waals surface area (Å²) in [4.78, 5) is -0.105. The Hall–Kier alpha value is -0.860. The van der Waals surface area contributed by atoms with Crippen LogP contribution in [0.4, 0.5) is 23.4 Å². The molecule has 2 N–H and O–H groups in total. The fourth-order valence-corrected chi connectivity index (χ4v) is 4.87. The van der Waals surface area contributed by atoms with Gasteiger partial charge in [0.15, 0.2) is 5.69 Å².